The topological polar surface area (TPSA) is 50.8 Å². The van der Waals surface area contributed by atoms with Gasteiger partial charge in [0.15, 0.2) is 6.61 Å². The first kappa shape index (κ1) is 19.1. The van der Waals surface area contributed by atoms with E-state index in [0.29, 0.717) is 12.4 Å². The Hall–Kier alpha value is -2.24. The molecule has 0 radical (unpaired) electrons. The fourth-order valence-electron chi connectivity index (χ4n) is 2.52. The Morgan fingerprint density at radius 3 is 2.16 bits per heavy atom. The van der Waals surface area contributed by atoms with Gasteiger partial charge in [0.2, 0.25) is 0 Å². The summed E-state index contributed by atoms with van der Waals surface area (Å²) in [6.07, 6.45) is 0. The quantitative estimate of drug-likeness (QED) is 0.857. The Morgan fingerprint density at radius 1 is 0.920 bits per heavy atom. The molecule has 1 fully saturated rings. The number of piperazine rings is 1. The lowest BCUT2D eigenvalue weighted by Gasteiger charge is -2.27. The Balaban J connectivity index is 0.00000225. The zero-order valence-electron chi connectivity index (χ0n) is 14.0. The van der Waals surface area contributed by atoms with Gasteiger partial charge in [0.1, 0.15) is 18.1 Å². The summed E-state index contributed by atoms with van der Waals surface area (Å²) in [5, 5.41) is 3.22. The van der Waals surface area contributed by atoms with Crippen LogP contribution < -0.4 is 14.8 Å². The van der Waals surface area contributed by atoms with E-state index in [1.54, 1.807) is 0 Å². The Labute approximate surface area is 154 Å². The van der Waals surface area contributed by atoms with Crippen LogP contribution in [-0.4, -0.2) is 43.6 Å². The van der Waals surface area contributed by atoms with E-state index in [9.17, 15) is 4.79 Å². The number of carbonyl (C=O) groups excluding carboxylic acids is 1. The van der Waals surface area contributed by atoms with Crippen LogP contribution in [0.15, 0.2) is 54.6 Å². The number of rotatable bonds is 6. The Kier molecular flexibility index (Phi) is 7.57. The minimum Gasteiger partial charge on any atom is -0.489 e. The number of nitrogens with zero attached hydrogens (tertiary/aromatic N) is 1. The van der Waals surface area contributed by atoms with Crippen molar-refractivity contribution in [3.8, 4) is 11.5 Å². The second-order valence-corrected chi connectivity index (χ2v) is 5.67. The number of hydrogen-bond donors (Lipinski definition) is 1. The molecule has 2 aromatic carbocycles. The molecule has 1 saturated heterocycles. The summed E-state index contributed by atoms with van der Waals surface area (Å²) in [5.74, 6) is 1.48. The number of halogens is 1. The third kappa shape index (κ3) is 5.96. The molecule has 3 rings (SSSR count). The van der Waals surface area contributed by atoms with Gasteiger partial charge < -0.3 is 19.7 Å². The molecule has 0 bridgehead atoms. The van der Waals surface area contributed by atoms with E-state index in [1.165, 1.54) is 0 Å². The molecule has 25 heavy (non-hydrogen) atoms. The summed E-state index contributed by atoms with van der Waals surface area (Å²) in [6, 6.07) is 17.4. The fraction of sp³-hybridized carbons (Fsp3) is 0.316. The van der Waals surface area contributed by atoms with E-state index in [1.807, 2.05) is 59.5 Å². The standard InChI is InChI=1S/C19H22N2O3.ClH/c22-19(21-12-10-20-11-13-21)15-24-18-8-6-17(7-9-18)23-14-16-4-2-1-3-5-16;/h1-9,20H,10-15H2;1H. The first-order valence-corrected chi connectivity index (χ1v) is 8.19. The molecule has 5 nitrogen and oxygen atoms in total. The minimum absolute atomic E-state index is 0. The van der Waals surface area contributed by atoms with Crippen LogP contribution in [0.1, 0.15) is 5.56 Å². The van der Waals surface area contributed by atoms with Gasteiger partial charge in [0, 0.05) is 26.2 Å². The molecule has 2 aromatic rings. The second kappa shape index (κ2) is 9.91. The van der Waals surface area contributed by atoms with E-state index in [-0.39, 0.29) is 24.9 Å². The Bertz CT molecular complexity index is 643. The van der Waals surface area contributed by atoms with Crippen molar-refractivity contribution in [2.24, 2.45) is 0 Å². The molecule has 1 heterocycles. The molecule has 0 saturated carbocycles. The molecular formula is C19H23ClN2O3. The largest absolute Gasteiger partial charge is 0.489 e. The highest BCUT2D eigenvalue weighted by Gasteiger charge is 2.16. The maximum absolute atomic E-state index is 12.0. The molecule has 1 amide bonds. The maximum Gasteiger partial charge on any atom is 0.260 e. The van der Waals surface area contributed by atoms with Crippen molar-refractivity contribution < 1.29 is 14.3 Å². The molecule has 0 unspecified atom stereocenters. The molecular weight excluding hydrogens is 340 g/mol. The van der Waals surface area contributed by atoms with Gasteiger partial charge in [0.25, 0.3) is 5.91 Å². The van der Waals surface area contributed by atoms with Crippen LogP contribution in [0.3, 0.4) is 0 Å². The molecule has 1 aliphatic rings. The van der Waals surface area contributed by atoms with Crippen LogP contribution in [0.4, 0.5) is 0 Å². The number of carbonyl (C=O) groups is 1. The highest BCUT2D eigenvalue weighted by atomic mass is 35.5. The van der Waals surface area contributed by atoms with Crippen LogP contribution in [0.5, 0.6) is 11.5 Å². The van der Waals surface area contributed by atoms with Gasteiger partial charge in [0.05, 0.1) is 0 Å². The molecule has 134 valence electrons. The predicted octanol–water partition coefficient (Wildman–Crippen LogP) is 2.50. The third-order valence-electron chi connectivity index (χ3n) is 3.90. The van der Waals surface area contributed by atoms with Crippen LogP contribution in [0, 0.1) is 0 Å². The number of amides is 1. The molecule has 1 N–H and O–H groups in total. The molecule has 6 heteroatoms. The average Bonchev–Trinajstić information content (AvgIpc) is 2.67. The normalized spacial score (nSPS) is 13.7. The van der Waals surface area contributed by atoms with Gasteiger partial charge in [-0.2, -0.15) is 0 Å². The predicted molar refractivity (Wildman–Crippen MR) is 99.4 cm³/mol. The number of hydrogen-bond acceptors (Lipinski definition) is 4. The summed E-state index contributed by atoms with van der Waals surface area (Å²) < 4.78 is 11.3. The first-order valence-electron chi connectivity index (χ1n) is 8.19. The van der Waals surface area contributed by atoms with Crippen molar-refractivity contribution in [1.29, 1.82) is 0 Å². The lowest BCUT2D eigenvalue weighted by Crippen LogP contribution is -2.47. The summed E-state index contributed by atoms with van der Waals surface area (Å²) in [4.78, 5) is 13.9. The summed E-state index contributed by atoms with van der Waals surface area (Å²) in [6.45, 7) is 3.79. The monoisotopic (exact) mass is 362 g/mol. The van der Waals surface area contributed by atoms with Crippen LogP contribution in [-0.2, 0) is 11.4 Å². The highest BCUT2D eigenvalue weighted by Crippen LogP contribution is 2.18. The van der Waals surface area contributed by atoms with Gasteiger partial charge in [-0.1, -0.05) is 30.3 Å². The lowest BCUT2D eigenvalue weighted by molar-refractivity contribution is -0.133. The zero-order valence-corrected chi connectivity index (χ0v) is 14.8. The summed E-state index contributed by atoms with van der Waals surface area (Å²) in [7, 11) is 0. The minimum atomic E-state index is 0. The van der Waals surface area contributed by atoms with Gasteiger partial charge in [-0.15, -0.1) is 12.4 Å². The van der Waals surface area contributed by atoms with E-state index in [4.69, 9.17) is 9.47 Å². The van der Waals surface area contributed by atoms with Crippen molar-refractivity contribution in [2.75, 3.05) is 32.8 Å². The summed E-state index contributed by atoms with van der Waals surface area (Å²) in [5.41, 5.74) is 1.12. The zero-order chi connectivity index (χ0) is 16.6. The molecule has 0 spiro atoms. The van der Waals surface area contributed by atoms with Crippen LogP contribution in [0.2, 0.25) is 0 Å². The van der Waals surface area contributed by atoms with Crippen molar-refractivity contribution in [1.82, 2.24) is 10.2 Å². The van der Waals surface area contributed by atoms with Gasteiger partial charge in [-0.05, 0) is 29.8 Å². The Morgan fingerprint density at radius 2 is 1.52 bits per heavy atom. The van der Waals surface area contributed by atoms with E-state index in [0.717, 1.165) is 37.5 Å². The highest BCUT2D eigenvalue weighted by molar-refractivity contribution is 5.85. The van der Waals surface area contributed by atoms with E-state index in [2.05, 4.69) is 5.32 Å². The SMILES string of the molecule is Cl.O=C(COc1ccc(OCc2ccccc2)cc1)N1CCNCC1. The van der Waals surface area contributed by atoms with Crippen molar-refractivity contribution in [3.05, 3.63) is 60.2 Å². The first-order chi connectivity index (χ1) is 11.8. The maximum atomic E-state index is 12.0. The number of ether oxygens (including phenoxy) is 2. The second-order valence-electron chi connectivity index (χ2n) is 5.67. The van der Waals surface area contributed by atoms with Gasteiger partial charge >= 0.3 is 0 Å². The number of nitrogens with one attached hydrogen (secondary N) is 1. The van der Waals surface area contributed by atoms with E-state index >= 15 is 0 Å². The van der Waals surface area contributed by atoms with E-state index < -0.39 is 0 Å². The van der Waals surface area contributed by atoms with Gasteiger partial charge in [-0.3, -0.25) is 4.79 Å². The van der Waals surface area contributed by atoms with Crippen molar-refractivity contribution in [3.63, 3.8) is 0 Å². The van der Waals surface area contributed by atoms with Gasteiger partial charge in [-0.25, -0.2) is 0 Å². The average molecular weight is 363 g/mol. The molecule has 0 aliphatic carbocycles. The third-order valence-corrected chi connectivity index (χ3v) is 3.90. The molecule has 0 atom stereocenters. The number of benzene rings is 2. The smallest absolute Gasteiger partial charge is 0.260 e. The fourth-order valence-corrected chi connectivity index (χ4v) is 2.52. The van der Waals surface area contributed by atoms with Crippen LogP contribution in [0.25, 0.3) is 0 Å². The summed E-state index contributed by atoms with van der Waals surface area (Å²) >= 11 is 0. The lowest BCUT2D eigenvalue weighted by atomic mass is 10.2. The van der Waals surface area contributed by atoms with Crippen LogP contribution >= 0.6 is 12.4 Å². The van der Waals surface area contributed by atoms with Crippen molar-refractivity contribution >= 4 is 18.3 Å². The molecule has 0 aromatic heterocycles. The molecule has 1 aliphatic heterocycles. The van der Waals surface area contributed by atoms with Crippen molar-refractivity contribution in [2.45, 2.75) is 6.61 Å².